The summed E-state index contributed by atoms with van der Waals surface area (Å²) in [6.45, 7) is 4.81. The van der Waals surface area contributed by atoms with Gasteiger partial charge in [-0.3, -0.25) is 0 Å². The highest BCUT2D eigenvalue weighted by Gasteiger charge is 2.12. The molecule has 1 heterocycles. The van der Waals surface area contributed by atoms with Crippen LogP contribution < -0.4 is 14.2 Å². The highest BCUT2D eigenvalue weighted by Crippen LogP contribution is 2.33. The van der Waals surface area contributed by atoms with E-state index in [-0.39, 0.29) is 5.97 Å². The molecule has 5 heteroatoms. The molecule has 102 valence electrons. The van der Waals surface area contributed by atoms with E-state index in [0.717, 1.165) is 0 Å². The summed E-state index contributed by atoms with van der Waals surface area (Å²) in [5.41, 5.74) is 0.400. The number of esters is 1. The molecule has 5 nitrogen and oxygen atoms in total. The van der Waals surface area contributed by atoms with Gasteiger partial charge in [0, 0.05) is 6.07 Å². The van der Waals surface area contributed by atoms with Gasteiger partial charge in [-0.05, 0) is 26.0 Å². The van der Waals surface area contributed by atoms with Crippen LogP contribution in [0, 0.1) is 0 Å². The Hall–Kier alpha value is -2.17. The highest BCUT2D eigenvalue weighted by molar-refractivity contribution is 5.87. The van der Waals surface area contributed by atoms with Gasteiger partial charge < -0.3 is 18.9 Å². The fourth-order valence-electron chi connectivity index (χ4n) is 1.55. The summed E-state index contributed by atoms with van der Waals surface area (Å²) in [6.07, 6.45) is 1.36. The molecule has 0 fully saturated rings. The number of carbonyl (C=O) groups excluding carboxylic acids is 1. The van der Waals surface area contributed by atoms with Gasteiger partial charge in [0.25, 0.3) is 0 Å². The van der Waals surface area contributed by atoms with Gasteiger partial charge >= 0.3 is 5.97 Å². The molecule has 0 N–H and O–H groups in total. The SMILES string of the molecule is CCOC(=O)C(C)=COc1ccc2c(c1)OCCO2. The summed E-state index contributed by atoms with van der Waals surface area (Å²) in [6, 6.07) is 5.25. The van der Waals surface area contributed by atoms with Crippen molar-refractivity contribution in [3.05, 3.63) is 30.0 Å². The van der Waals surface area contributed by atoms with Crippen molar-refractivity contribution in [2.75, 3.05) is 19.8 Å². The Labute approximate surface area is 111 Å². The predicted molar refractivity (Wildman–Crippen MR) is 68.5 cm³/mol. The number of fused-ring (bicyclic) bond motifs is 1. The third kappa shape index (κ3) is 3.40. The molecule has 1 aromatic rings. The van der Waals surface area contributed by atoms with Crippen LogP contribution in [0.3, 0.4) is 0 Å². The summed E-state index contributed by atoms with van der Waals surface area (Å²) in [5, 5.41) is 0. The fourth-order valence-corrected chi connectivity index (χ4v) is 1.55. The largest absolute Gasteiger partial charge is 0.486 e. The Morgan fingerprint density at radius 3 is 2.79 bits per heavy atom. The van der Waals surface area contributed by atoms with Crippen LogP contribution in [0.2, 0.25) is 0 Å². The smallest absolute Gasteiger partial charge is 0.336 e. The average Bonchev–Trinajstić information content (AvgIpc) is 2.44. The van der Waals surface area contributed by atoms with Crippen molar-refractivity contribution >= 4 is 5.97 Å². The van der Waals surface area contributed by atoms with Crippen molar-refractivity contribution in [2.45, 2.75) is 13.8 Å². The molecule has 0 bridgehead atoms. The van der Waals surface area contributed by atoms with E-state index < -0.39 is 0 Å². The molecule has 0 atom stereocenters. The van der Waals surface area contributed by atoms with E-state index in [0.29, 0.717) is 42.6 Å². The molecule has 0 radical (unpaired) electrons. The molecule has 0 aliphatic carbocycles. The first-order valence-electron chi connectivity index (χ1n) is 6.11. The molecule has 1 aromatic carbocycles. The second-order valence-corrected chi connectivity index (χ2v) is 3.94. The third-order valence-electron chi connectivity index (χ3n) is 2.48. The van der Waals surface area contributed by atoms with Crippen LogP contribution in [0.5, 0.6) is 17.2 Å². The zero-order chi connectivity index (χ0) is 13.7. The van der Waals surface area contributed by atoms with Crippen LogP contribution in [0.4, 0.5) is 0 Å². The van der Waals surface area contributed by atoms with Gasteiger partial charge in [-0.2, -0.15) is 0 Å². The lowest BCUT2D eigenvalue weighted by Gasteiger charge is -2.18. The number of carbonyl (C=O) groups is 1. The quantitative estimate of drug-likeness (QED) is 0.474. The standard InChI is InChI=1S/C14H16O5/c1-3-16-14(15)10(2)9-19-11-4-5-12-13(8-11)18-7-6-17-12/h4-5,8-9H,3,6-7H2,1-2H3. The van der Waals surface area contributed by atoms with E-state index in [4.69, 9.17) is 18.9 Å². The van der Waals surface area contributed by atoms with E-state index in [1.165, 1.54) is 6.26 Å². The summed E-state index contributed by atoms with van der Waals surface area (Å²) in [4.78, 5) is 11.4. The lowest BCUT2D eigenvalue weighted by molar-refractivity contribution is -0.138. The molecule has 2 rings (SSSR count). The first-order valence-corrected chi connectivity index (χ1v) is 6.11. The Balaban J connectivity index is 2.03. The Morgan fingerprint density at radius 2 is 2.05 bits per heavy atom. The van der Waals surface area contributed by atoms with Crippen LogP contribution in [-0.2, 0) is 9.53 Å². The molecule has 19 heavy (non-hydrogen) atoms. The van der Waals surface area contributed by atoms with Crippen molar-refractivity contribution in [1.29, 1.82) is 0 Å². The van der Waals surface area contributed by atoms with Crippen LogP contribution in [-0.4, -0.2) is 25.8 Å². The first-order chi connectivity index (χ1) is 9.20. The maximum Gasteiger partial charge on any atom is 0.336 e. The molecule has 0 aromatic heterocycles. The maximum atomic E-state index is 11.4. The minimum Gasteiger partial charge on any atom is -0.486 e. The molecule has 0 amide bonds. The minimum absolute atomic E-state index is 0.341. The molecule has 0 spiro atoms. The van der Waals surface area contributed by atoms with Crippen LogP contribution in [0.1, 0.15) is 13.8 Å². The normalized spacial score (nSPS) is 13.9. The summed E-state index contributed by atoms with van der Waals surface area (Å²) >= 11 is 0. The van der Waals surface area contributed by atoms with Crippen molar-refractivity contribution in [1.82, 2.24) is 0 Å². The molecule has 0 saturated heterocycles. The third-order valence-corrected chi connectivity index (χ3v) is 2.48. The van der Waals surface area contributed by atoms with Gasteiger partial charge in [0.1, 0.15) is 25.2 Å². The summed E-state index contributed by atoms with van der Waals surface area (Å²) in [5.74, 6) is 1.53. The predicted octanol–water partition coefficient (Wildman–Crippen LogP) is 2.30. The van der Waals surface area contributed by atoms with E-state index in [2.05, 4.69) is 0 Å². The van der Waals surface area contributed by atoms with Gasteiger partial charge in [0.2, 0.25) is 0 Å². The average molecular weight is 264 g/mol. The van der Waals surface area contributed by atoms with E-state index in [9.17, 15) is 4.79 Å². The second kappa shape index (κ2) is 6.13. The Bertz CT molecular complexity index is 493. The second-order valence-electron chi connectivity index (χ2n) is 3.94. The number of rotatable bonds is 4. The van der Waals surface area contributed by atoms with E-state index in [1.807, 2.05) is 0 Å². The lowest BCUT2D eigenvalue weighted by Crippen LogP contribution is -2.15. The van der Waals surface area contributed by atoms with Crippen LogP contribution in [0.15, 0.2) is 30.0 Å². The molecule has 0 saturated carbocycles. The number of benzene rings is 1. The number of hydrogen-bond acceptors (Lipinski definition) is 5. The van der Waals surface area contributed by atoms with Crippen molar-refractivity contribution in [2.24, 2.45) is 0 Å². The van der Waals surface area contributed by atoms with E-state index >= 15 is 0 Å². The zero-order valence-corrected chi connectivity index (χ0v) is 11.0. The first kappa shape index (κ1) is 13.3. The molecular weight excluding hydrogens is 248 g/mol. The van der Waals surface area contributed by atoms with Gasteiger partial charge in [-0.25, -0.2) is 4.79 Å². The van der Waals surface area contributed by atoms with Crippen molar-refractivity contribution in [3.8, 4) is 17.2 Å². The fraction of sp³-hybridized carbons (Fsp3) is 0.357. The van der Waals surface area contributed by atoms with Gasteiger partial charge in [-0.15, -0.1) is 0 Å². The Morgan fingerprint density at radius 1 is 1.32 bits per heavy atom. The molecule has 1 aliphatic rings. The van der Waals surface area contributed by atoms with Crippen molar-refractivity contribution < 1.29 is 23.7 Å². The van der Waals surface area contributed by atoms with Crippen molar-refractivity contribution in [3.63, 3.8) is 0 Å². The summed E-state index contributed by atoms with van der Waals surface area (Å²) < 4.78 is 21.1. The lowest BCUT2D eigenvalue weighted by atomic mass is 10.3. The molecule has 1 aliphatic heterocycles. The zero-order valence-electron chi connectivity index (χ0n) is 11.0. The van der Waals surface area contributed by atoms with Gasteiger partial charge in [0.15, 0.2) is 11.5 Å². The summed E-state index contributed by atoms with van der Waals surface area (Å²) in [7, 11) is 0. The molecule has 0 unspecified atom stereocenters. The minimum atomic E-state index is -0.389. The van der Waals surface area contributed by atoms with Gasteiger partial charge in [-0.1, -0.05) is 0 Å². The number of ether oxygens (including phenoxy) is 4. The maximum absolute atomic E-state index is 11.4. The monoisotopic (exact) mass is 264 g/mol. The molecular formula is C14H16O5. The Kier molecular flexibility index (Phi) is 4.28. The highest BCUT2D eigenvalue weighted by atomic mass is 16.6. The van der Waals surface area contributed by atoms with Gasteiger partial charge in [0.05, 0.1) is 12.2 Å². The number of hydrogen-bond donors (Lipinski definition) is 0. The van der Waals surface area contributed by atoms with Crippen LogP contribution >= 0.6 is 0 Å². The van der Waals surface area contributed by atoms with E-state index in [1.54, 1.807) is 32.0 Å². The topological polar surface area (TPSA) is 54.0 Å². The van der Waals surface area contributed by atoms with Crippen LogP contribution in [0.25, 0.3) is 0 Å².